The Kier molecular flexibility index (Phi) is 12.9. The number of rotatable bonds is 17. The fourth-order valence-corrected chi connectivity index (χ4v) is 4.56. The minimum Gasteiger partial charge on any atom is -0.393 e. The number of ether oxygens (including phenoxy) is 2. The smallest absolute Gasteiger partial charge is 0.233 e. The molecule has 1 fully saturated rings. The summed E-state index contributed by atoms with van der Waals surface area (Å²) in [6.07, 6.45) is 3.05. The maximum Gasteiger partial charge on any atom is 0.233 e. The number of nitrogens with one attached hydrogen (secondary N) is 4. The van der Waals surface area contributed by atoms with Crippen LogP contribution in [0.3, 0.4) is 0 Å². The van der Waals surface area contributed by atoms with Crippen LogP contribution in [0.25, 0.3) is 0 Å². The summed E-state index contributed by atoms with van der Waals surface area (Å²) in [7, 11) is 0. The number of anilines is 4. The number of aliphatic hydroxyl groups is 1. The molecule has 0 aliphatic heterocycles. The molecule has 1 aliphatic carbocycles. The normalized spacial score (nSPS) is 16.4. The van der Waals surface area contributed by atoms with Crippen molar-refractivity contribution in [2.24, 2.45) is 5.73 Å². The molecule has 7 N–H and O–H groups in total. The fourth-order valence-electron chi connectivity index (χ4n) is 4.56. The summed E-state index contributed by atoms with van der Waals surface area (Å²) >= 11 is 0. The maximum absolute atomic E-state index is 13.6. The maximum atomic E-state index is 13.6. The molecule has 232 valence electrons. The number of aliphatic hydroxyl groups excluding tert-OH is 1. The second kappa shape index (κ2) is 17.3. The third-order valence-electron chi connectivity index (χ3n) is 6.78. The van der Waals surface area contributed by atoms with E-state index in [0.29, 0.717) is 63.9 Å². The second-order valence-electron chi connectivity index (χ2n) is 10.3. The SMILES string of the molecule is NCCOCCOCCNC(=O)Cc1ccc(Nc2nc(NCc3cccc(F)c3)nc(NC3CCC(O)CC3)n2)cc1. The van der Waals surface area contributed by atoms with Gasteiger partial charge in [-0.2, -0.15) is 15.0 Å². The van der Waals surface area contributed by atoms with Gasteiger partial charge in [0.25, 0.3) is 0 Å². The van der Waals surface area contributed by atoms with Crippen molar-refractivity contribution in [1.29, 1.82) is 0 Å². The molecule has 1 aliphatic rings. The van der Waals surface area contributed by atoms with E-state index in [4.69, 9.17) is 15.2 Å². The molecule has 0 atom stereocenters. The van der Waals surface area contributed by atoms with E-state index in [2.05, 4.69) is 36.2 Å². The van der Waals surface area contributed by atoms with Gasteiger partial charge in [-0.25, -0.2) is 4.39 Å². The summed E-state index contributed by atoms with van der Waals surface area (Å²) in [5.41, 5.74) is 7.71. The van der Waals surface area contributed by atoms with E-state index in [0.717, 1.165) is 42.5 Å². The van der Waals surface area contributed by atoms with Crippen LogP contribution in [0.5, 0.6) is 0 Å². The van der Waals surface area contributed by atoms with Gasteiger partial charge >= 0.3 is 0 Å². The van der Waals surface area contributed by atoms with Crippen molar-refractivity contribution in [3.63, 3.8) is 0 Å². The molecule has 0 spiro atoms. The van der Waals surface area contributed by atoms with Gasteiger partial charge in [0.2, 0.25) is 23.8 Å². The van der Waals surface area contributed by atoms with E-state index in [1.54, 1.807) is 6.07 Å². The molecule has 0 bridgehead atoms. The highest BCUT2D eigenvalue weighted by Gasteiger charge is 2.20. The molecule has 0 saturated heterocycles. The Balaban J connectivity index is 1.32. The highest BCUT2D eigenvalue weighted by Crippen LogP contribution is 2.23. The molecule has 0 unspecified atom stereocenters. The Hall–Kier alpha value is -3.91. The summed E-state index contributed by atoms with van der Waals surface area (Å²) < 4.78 is 24.3. The van der Waals surface area contributed by atoms with Gasteiger partial charge in [0.05, 0.1) is 39.0 Å². The molecule has 3 aromatic rings. The van der Waals surface area contributed by atoms with Crippen molar-refractivity contribution in [1.82, 2.24) is 20.3 Å². The second-order valence-corrected chi connectivity index (χ2v) is 10.3. The number of benzene rings is 2. The minimum absolute atomic E-state index is 0.0962. The quantitative estimate of drug-likeness (QED) is 0.127. The first-order valence-electron chi connectivity index (χ1n) is 14.6. The molecular formula is C30H41FN8O4. The van der Waals surface area contributed by atoms with Gasteiger partial charge in [0.15, 0.2) is 0 Å². The van der Waals surface area contributed by atoms with E-state index >= 15 is 0 Å². The van der Waals surface area contributed by atoms with E-state index in [-0.39, 0.29) is 30.3 Å². The van der Waals surface area contributed by atoms with Gasteiger partial charge in [-0.1, -0.05) is 24.3 Å². The van der Waals surface area contributed by atoms with Crippen LogP contribution in [-0.4, -0.2) is 77.6 Å². The van der Waals surface area contributed by atoms with Crippen molar-refractivity contribution in [2.45, 2.75) is 50.8 Å². The predicted molar refractivity (Wildman–Crippen MR) is 163 cm³/mol. The number of amides is 1. The largest absolute Gasteiger partial charge is 0.393 e. The lowest BCUT2D eigenvalue weighted by atomic mass is 9.93. The van der Waals surface area contributed by atoms with Gasteiger partial charge in [-0.3, -0.25) is 4.79 Å². The molecule has 0 radical (unpaired) electrons. The molecule has 12 nitrogen and oxygen atoms in total. The third-order valence-corrected chi connectivity index (χ3v) is 6.78. The van der Waals surface area contributed by atoms with Crippen LogP contribution in [0.15, 0.2) is 48.5 Å². The van der Waals surface area contributed by atoms with E-state index < -0.39 is 0 Å². The predicted octanol–water partition coefficient (Wildman–Crippen LogP) is 2.73. The van der Waals surface area contributed by atoms with Gasteiger partial charge in [-0.05, 0) is 61.1 Å². The van der Waals surface area contributed by atoms with Crippen LogP contribution in [0.4, 0.5) is 27.9 Å². The van der Waals surface area contributed by atoms with Crippen molar-refractivity contribution in [3.8, 4) is 0 Å². The van der Waals surface area contributed by atoms with Crippen molar-refractivity contribution in [3.05, 3.63) is 65.5 Å². The lowest BCUT2D eigenvalue weighted by molar-refractivity contribution is -0.120. The van der Waals surface area contributed by atoms with Gasteiger partial charge < -0.3 is 41.6 Å². The Bertz CT molecular complexity index is 1280. The van der Waals surface area contributed by atoms with E-state index in [1.807, 2.05) is 30.3 Å². The van der Waals surface area contributed by atoms with Crippen LogP contribution in [0, 0.1) is 5.82 Å². The molecule has 1 heterocycles. The first-order valence-corrected chi connectivity index (χ1v) is 14.6. The molecule has 1 saturated carbocycles. The van der Waals surface area contributed by atoms with Gasteiger partial charge in [-0.15, -0.1) is 0 Å². The zero-order chi connectivity index (χ0) is 30.3. The third kappa shape index (κ3) is 11.7. The van der Waals surface area contributed by atoms with Crippen molar-refractivity contribution in [2.75, 3.05) is 55.5 Å². The average Bonchev–Trinajstić information content (AvgIpc) is 3.00. The van der Waals surface area contributed by atoms with Crippen molar-refractivity contribution < 1.29 is 23.8 Å². The van der Waals surface area contributed by atoms with Crippen LogP contribution < -0.4 is 27.0 Å². The standard InChI is InChI=1S/C30H41FN8O4/c31-23-3-1-2-22(18-23)20-34-28-37-29(39-30(38-28)36-25-8-10-26(40)11-9-25)35-24-6-4-21(5-7-24)19-27(41)33-13-15-43-17-16-42-14-12-32/h1-7,18,25-26,40H,8-17,19-20,32H2,(H,33,41)(H3,34,35,36,37,38,39). The van der Waals surface area contributed by atoms with Crippen LogP contribution in [0.2, 0.25) is 0 Å². The highest BCUT2D eigenvalue weighted by molar-refractivity contribution is 5.78. The Morgan fingerprint density at radius 2 is 1.63 bits per heavy atom. The van der Waals surface area contributed by atoms with Crippen LogP contribution in [0.1, 0.15) is 36.8 Å². The molecular weight excluding hydrogens is 555 g/mol. The molecule has 4 rings (SSSR count). The molecule has 1 aromatic heterocycles. The van der Waals surface area contributed by atoms with E-state index in [9.17, 15) is 14.3 Å². The Morgan fingerprint density at radius 3 is 2.37 bits per heavy atom. The first kappa shape index (κ1) is 32.0. The zero-order valence-electron chi connectivity index (χ0n) is 24.2. The summed E-state index contributed by atoms with van der Waals surface area (Å²) in [5.74, 6) is 0.658. The summed E-state index contributed by atoms with van der Waals surface area (Å²) in [5, 5.41) is 22.4. The molecule has 2 aromatic carbocycles. The minimum atomic E-state index is -0.311. The van der Waals surface area contributed by atoms with Gasteiger partial charge in [0, 0.05) is 31.4 Å². The summed E-state index contributed by atoms with van der Waals surface area (Å²) in [6, 6.07) is 13.9. The number of nitrogens with two attached hydrogens (primary N) is 1. The number of carbonyl (C=O) groups excluding carboxylic acids is 1. The number of halogens is 1. The topological polar surface area (TPSA) is 169 Å². The lowest BCUT2D eigenvalue weighted by Gasteiger charge is -2.26. The molecule has 13 heteroatoms. The first-order chi connectivity index (χ1) is 21.0. The Labute approximate surface area is 251 Å². The Morgan fingerprint density at radius 1 is 0.907 bits per heavy atom. The average molecular weight is 597 g/mol. The lowest BCUT2D eigenvalue weighted by Crippen LogP contribution is -2.29. The van der Waals surface area contributed by atoms with Crippen molar-refractivity contribution >= 4 is 29.4 Å². The van der Waals surface area contributed by atoms with Gasteiger partial charge in [0.1, 0.15) is 5.82 Å². The molecule has 43 heavy (non-hydrogen) atoms. The monoisotopic (exact) mass is 596 g/mol. The van der Waals surface area contributed by atoms with Crippen LogP contribution >= 0.6 is 0 Å². The van der Waals surface area contributed by atoms with E-state index in [1.165, 1.54) is 12.1 Å². The number of carbonyl (C=O) groups is 1. The number of hydrogen-bond acceptors (Lipinski definition) is 11. The number of hydrogen-bond donors (Lipinski definition) is 6. The zero-order valence-corrected chi connectivity index (χ0v) is 24.2. The highest BCUT2D eigenvalue weighted by atomic mass is 19.1. The summed E-state index contributed by atoms with van der Waals surface area (Å²) in [4.78, 5) is 25.9. The van der Waals surface area contributed by atoms with Crippen LogP contribution in [-0.2, 0) is 27.2 Å². The molecule has 1 amide bonds. The number of nitrogens with zero attached hydrogens (tertiary/aromatic N) is 3. The number of aromatic nitrogens is 3. The fraction of sp³-hybridized carbons (Fsp3) is 0.467. The summed E-state index contributed by atoms with van der Waals surface area (Å²) in [6.45, 7) is 3.08.